The van der Waals surface area contributed by atoms with Gasteiger partial charge in [0.05, 0.1) is 26.1 Å². The lowest BCUT2D eigenvalue weighted by Crippen LogP contribution is -2.38. The van der Waals surface area contributed by atoms with Crippen molar-refractivity contribution in [2.45, 2.75) is 81.6 Å². The van der Waals surface area contributed by atoms with E-state index in [0.717, 1.165) is 35.6 Å². The lowest BCUT2D eigenvalue weighted by atomic mass is 9.86. The van der Waals surface area contributed by atoms with Crippen LogP contribution in [0.2, 0.25) is 0 Å². The average Bonchev–Trinajstić information content (AvgIpc) is 3.17. The number of nitrogens with two attached hydrogens (primary N) is 1. The zero-order valence-corrected chi connectivity index (χ0v) is 20.1. The number of amides is 1. The molecule has 1 saturated carbocycles. The monoisotopic (exact) mass is 465 g/mol. The average molecular weight is 466 g/mol. The van der Waals surface area contributed by atoms with Crippen LogP contribution in [0.4, 0.5) is 10.5 Å². The van der Waals surface area contributed by atoms with E-state index in [9.17, 15) is 13.2 Å². The Bertz CT molecular complexity index is 1020. The van der Waals surface area contributed by atoms with Crippen molar-refractivity contribution in [3.05, 3.63) is 29.4 Å². The van der Waals surface area contributed by atoms with Gasteiger partial charge in [-0.15, -0.1) is 11.3 Å². The topological polar surface area (TPSA) is 111 Å². The minimum absolute atomic E-state index is 0.113. The molecule has 0 unspecified atom stereocenters. The van der Waals surface area contributed by atoms with Crippen LogP contribution in [-0.4, -0.2) is 36.9 Å². The Balaban J connectivity index is 1.73. The minimum Gasteiger partial charge on any atom is -0.447 e. The maximum absolute atomic E-state index is 12.9. The summed E-state index contributed by atoms with van der Waals surface area (Å²) in [6.07, 6.45) is 4.81. The third-order valence-electron chi connectivity index (χ3n) is 5.46. The highest BCUT2D eigenvalue weighted by atomic mass is 32.2. The van der Waals surface area contributed by atoms with Crippen LogP contribution >= 0.6 is 11.3 Å². The molecule has 0 atom stereocenters. The molecule has 1 aromatic heterocycles. The molecule has 0 spiro atoms. The highest BCUT2D eigenvalue weighted by molar-refractivity contribution is 7.92. The second-order valence-electron chi connectivity index (χ2n) is 8.56. The smallest absolute Gasteiger partial charge is 0.407 e. The van der Waals surface area contributed by atoms with E-state index in [-0.39, 0.29) is 23.1 Å². The third-order valence-corrected chi connectivity index (χ3v) is 8.85. The second kappa shape index (κ2) is 9.56. The van der Waals surface area contributed by atoms with E-state index in [1.807, 2.05) is 13.8 Å². The summed E-state index contributed by atoms with van der Waals surface area (Å²) < 4.78 is 30.9. The summed E-state index contributed by atoms with van der Waals surface area (Å²) in [5.74, 6) is 0.303. The molecule has 0 bridgehead atoms. The zero-order valence-electron chi connectivity index (χ0n) is 18.4. The summed E-state index contributed by atoms with van der Waals surface area (Å²) in [5.41, 5.74) is 6.96. The first-order valence-corrected chi connectivity index (χ1v) is 13.0. The molecule has 1 heterocycles. The van der Waals surface area contributed by atoms with E-state index in [0.29, 0.717) is 17.2 Å². The van der Waals surface area contributed by atoms with Gasteiger partial charge in [0, 0.05) is 29.4 Å². The minimum atomic E-state index is -3.47. The molecule has 0 saturated heterocycles. The molecular formula is C22H31N3O4S2. The Morgan fingerprint density at radius 3 is 2.48 bits per heavy atom. The molecular weight excluding hydrogens is 434 g/mol. The molecule has 1 amide bonds. The lowest BCUT2D eigenvalue weighted by molar-refractivity contribution is 0.109. The van der Waals surface area contributed by atoms with Gasteiger partial charge in [0.2, 0.25) is 0 Å². The number of nitrogen functional groups attached to an aromatic ring is 1. The number of hydrogen-bond donors (Lipinski definition) is 2. The zero-order chi connectivity index (χ0) is 22.8. The van der Waals surface area contributed by atoms with E-state index in [1.54, 1.807) is 32.2 Å². The summed E-state index contributed by atoms with van der Waals surface area (Å²) in [6.45, 7) is 7.00. The van der Waals surface area contributed by atoms with Crippen LogP contribution < -0.4 is 11.1 Å². The molecule has 9 heteroatoms. The number of aromatic nitrogens is 1. The number of anilines is 1. The van der Waals surface area contributed by atoms with Gasteiger partial charge in [0.15, 0.2) is 9.84 Å². The maximum Gasteiger partial charge on any atom is 0.407 e. The van der Waals surface area contributed by atoms with Crippen molar-refractivity contribution in [1.82, 2.24) is 10.3 Å². The highest BCUT2D eigenvalue weighted by Gasteiger charge is 2.28. The molecule has 31 heavy (non-hydrogen) atoms. The van der Waals surface area contributed by atoms with Gasteiger partial charge in [-0.3, -0.25) is 0 Å². The van der Waals surface area contributed by atoms with E-state index < -0.39 is 15.1 Å². The molecule has 2 aromatic rings. The molecule has 1 aliphatic rings. The molecule has 7 nitrogen and oxygen atoms in total. The quantitative estimate of drug-likeness (QED) is 0.596. The van der Waals surface area contributed by atoms with Crippen molar-refractivity contribution in [1.29, 1.82) is 0 Å². The molecule has 1 fully saturated rings. The predicted molar refractivity (Wildman–Crippen MR) is 124 cm³/mol. The number of alkyl carbamates (subject to hydrolysis) is 1. The number of carbonyl (C=O) groups excluding carboxylic acids is 1. The third kappa shape index (κ3) is 5.57. The van der Waals surface area contributed by atoms with Gasteiger partial charge in [0.25, 0.3) is 0 Å². The standard InChI is InChI=1S/C22H31N3O4S2/c1-13(2)29-22(26)25-17-8-5-15(6-9-17)21-24-12-19(30-21)18-10-7-16(23)11-20(18)31(27,28)14(3)4/h7,10-15,17H,5-6,8-9,23H2,1-4H3,(H,25,26)/t15-,17-. The summed E-state index contributed by atoms with van der Waals surface area (Å²) in [4.78, 5) is 17.5. The summed E-state index contributed by atoms with van der Waals surface area (Å²) in [7, 11) is -3.47. The Labute approximate surface area is 188 Å². The predicted octanol–water partition coefficient (Wildman–Crippen LogP) is 4.74. The van der Waals surface area contributed by atoms with E-state index >= 15 is 0 Å². The van der Waals surface area contributed by atoms with Gasteiger partial charge in [-0.25, -0.2) is 18.2 Å². The number of nitrogens with one attached hydrogen (secondary N) is 1. The Kier molecular flexibility index (Phi) is 7.26. The molecule has 1 aromatic carbocycles. The fraction of sp³-hybridized carbons (Fsp3) is 0.545. The Hall–Kier alpha value is -2.13. The van der Waals surface area contributed by atoms with E-state index in [1.165, 1.54) is 17.4 Å². The Morgan fingerprint density at radius 1 is 1.19 bits per heavy atom. The van der Waals surface area contributed by atoms with Gasteiger partial charge in [0.1, 0.15) is 0 Å². The first-order chi connectivity index (χ1) is 14.6. The van der Waals surface area contributed by atoms with Crippen molar-refractivity contribution in [3.63, 3.8) is 0 Å². The van der Waals surface area contributed by atoms with Crippen LogP contribution in [0.15, 0.2) is 29.3 Å². The Morgan fingerprint density at radius 2 is 1.87 bits per heavy atom. The number of benzene rings is 1. The molecule has 0 aliphatic heterocycles. The van der Waals surface area contributed by atoms with E-state index in [2.05, 4.69) is 10.3 Å². The van der Waals surface area contributed by atoms with Crippen LogP contribution in [0.3, 0.4) is 0 Å². The van der Waals surface area contributed by atoms with Gasteiger partial charge in [-0.05, 0) is 65.5 Å². The summed E-state index contributed by atoms with van der Waals surface area (Å²) in [6, 6.07) is 5.14. The number of rotatable bonds is 6. The largest absolute Gasteiger partial charge is 0.447 e. The van der Waals surface area contributed by atoms with Crippen molar-refractivity contribution in [2.24, 2.45) is 0 Å². The maximum atomic E-state index is 12.9. The number of ether oxygens (including phenoxy) is 1. The number of carbonyl (C=O) groups is 1. The van der Waals surface area contributed by atoms with Crippen molar-refractivity contribution >= 4 is 33.0 Å². The molecule has 0 radical (unpaired) electrons. The van der Waals surface area contributed by atoms with Crippen molar-refractivity contribution in [3.8, 4) is 10.4 Å². The van der Waals surface area contributed by atoms with Crippen LogP contribution in [0, 0.1) is 0 Å². The normalized spacial score (nSPS) is 19.5. The second-order valence-corrected chi connectivity index (χ2v) is 12.1. The fourth-order valence-electron chi connectivity index (χ4n) is 3.73. The van der Waals surface area contributed by atoms with Crippen LogP contribution in [-0.2, 0) is 14.6 Å². The summed E-state index contributed by atoms with van der Waals surface area (Å²) in [5, 5.41) is 3.40. The molecule has 170 valence electrons. The van der Waals surface area contributed by atoms with Gasteiger partial charge < -0.3 is 15.8 Å². The van der Waals surface area contributed by atoms with Crippen molar-refractivity contribution in [2.75, 3.05) is 5.73 Å². The van der Waals surface area contributed by atoms with Crippen LogP contribution in [0.5, 0.6) is 0 Å². The van der Waals surface area contributed by atoms with Crippen molar-refractivity contribution < 1.29 is 17.9 Å². The number of sulfone groups is 1. The number of thiazole rings is 1. The first kappa shape index (κ1) is 23.5. The van der Waals surface area contributed by atoms with E-state index in [4.69, 9.17) is 10.5 Å². The molecule has 3 rings (SSSR count). The van der Waals surface area contributed by atoms with Gasteiger partial charge in [-0.2, -0.15) is 0 Å². The molecule has 1 aliphatic carbocycles. The van der Waals surface area contributed by atoms with Gasteiger partial charge >= 0.3 is 6.09 Å². The number of nitrogens with zero attached hydrogens (tertiary/aromatic N) is 1. The fourth-order valence-corrected chi connectivity index (χ4v) is 6.22. The first-order valence-electron chi connectivity index (χ1n) is 10.6. The van der Waals surface area contributed by atoms with Gasteiger partial charge in [-0.1, -0.05) is 6.07 Å². The van der Waals surface area contributed by atoms with Crippen LogP contribution in [0.25, 0.3) is 10.4 Å². The number of hydrogen-bond acceptors (Lipinski definition) is 7. The lowest BCUT2D eigenvalue weighted by Gasteiger charge is -2.28. The SMILES string of the molecule is CC(C)OC(=O)N[C@H]1CC[C@H](c2ncc(-c3ccc(N)cc3S(=O)(=O)C(C)C)s2)CC1. The molecule has 3 N–H and O–H groups in total. The van der Waals surface area contributed by atoms with Crippen LogP contribution in [0.1, 0.15) is 64.3 Å². The summed E-state index contributed by atoms with van der Waals surface area (Å²) >= 11 is 1.54. The highest BCUT2D eigenvalue weighted by Crippen LogP contribution is 2.40.